The zero-order valence-electron chi connectivity index (χ0n) is 12.3. The quantitative estimate of drug-likeness (QED) is 0.537. The smallest absolute Gasteiger partial charge is 0.137 e. The minimum absolute atomic E-state index is 0.163. The summed E-state index contributed by atoms with van der Waals surface area (Å²) in [7, 11) is 0. The van der Waals surface area contributed by atoms with Crippen LogP contribution >= 0.6 is 0 Å². The van der Waals surface area contributed by atoms with Gasteiger partial charge in [0.25, 0.3) is 0 Å². The molecule has 0 spiro atoms. The van der Waals surface area contributed by atoms with Crippen LogP contribution in [0.4, 0.5) is 0 Å². The third-order valence-corrected chi connectivity index (χ3v) is 3.08. The van der Waals surface area contributed by atoms with E-state index in [1.54, 1.807) is 24.3 Å². The molecule has 0 fully saturated rings. The molecule has 1 aromatic rings. The van der Waals surface area contributed by atoms with Crippen LogP contribution < -0.4 is 10.1 Å². The zero-order chi connectivity index (χ0) is 15.3. The first-order valence-corrected chi connectivity index (χ1v) is 7.39. The number of nitriles is 1. The van der Waals surface area contributed by atoms with Gasteiger partial charge in [-0.05, 0) is 31.5 Å². The van der Waals surface area contributed by atoms with Crippen molar-refractivity contribution in [3.05, 3.63) is 29.8 Å². The van der Waals surface area contributed by atoms with Gasteiger partial charge in [-0.2, -0.15) is 5.26 Å². The van der Waals surface area contributed by atoms with E-state index in [0.29, 0.717) is 17.9 Å². The van der Waals surface area contributed by atoms with Crippen LogP contribution in [0.5, 0.6) is 5.75 Å². The molecule has 0 aromatic heterocycles. The molecule has 21 heavy (non-hydrogen) atoms. The molecule has 0 aliphatic rings. The van der Waals surface area contributed by atoms with E-state index >= 15 is 0 Å². The number of para-hydroxylation sites is 1. The van der Waals surface area contributed by atoms with Gasteiger partial charge in [-0.25, -0.2) is 0 Å². The van der Waals surface area contributed by atoms with Crippen molar-refractivity contribution in [2.75, 3.05) is 26.3 Å². The van der Waals surface area contributed by atoms with E-state index in [1.165, 1.54) is 0 Å². The van der Waals surface area contributed by atoms with E-state index < -0.39 is 6.10 Å². The highest BCUT2D eigenvalue weighted by molar-refractivity contribution is 5.42. The number of hydrogen-bond acceptors (Lipinski definition) is 5. The van der Waals surface area contributed by atoms with Crippen molar-refractivity contribution in [2.45, 2.75) is 31.8 Å². The Morgan fingerprint density at radius 1 is 1.19 bits per heavy atom. The Labute approximate surface area is 126 Å². The van der Waals surface area contributed by atoms with Gasteiger partial charge in [-0.15, -0.1) is 0 Å². The Bertz CT molecular complexity index is 432. The third kappa shape index (κ3) is 7.66. The number of hydrogen-bond donors (Lipinski definition) is 3. The van der Waals surface area contributed by atoms with Crippen LogP contribution in [0, 0.1) is 11.3 Å². The predicted octanol–water partition coefficient (Wildman–Crippen LogP) is 1.44. The fourth-order valence-electron chi connectivity index (χ4n) is 1.91. The fourth-order valence-corrected chi connectivity index (χ4v) is 1.91. The molecule has 1 aromatic carbocycles. The summed E-state index contributed by atoms with van der Waals surface area (Å²) in [5.41, 5.74) is 0.474. The Kier molecular flexibility index (Phi) is 9.21. The predicted molar refractivity (Wildman–Crippen MR) is 81.1 cm³/mol. The largest absolute Gasteiger partial charge is 0.489 e. The summed E-state index contributed by atoms with van der Waals surface area (Å²) in [6, 6.07) is 9.04. The number of benzene rings is 1. The molecule has 0 radical (unpaired) electrons. The summed E-state index contributed by atoms with van der Waals surface area (Å²) in [5.74, 6) is 0.503. The topological polar surface area (TPSA) is 85.5 Å². The van der Waals surface area contributed by atoms with Crippen LogP contribution in [0.1, 0.15) is 31.2 Å². The number of aliphatic hydroxyl groups excluding tert-OH is 2. The summed E-state index contributed by atoms with van der Waals surface area (Å²) in [5, 5.41) is 30.6. The highest BCUT2D eigenvalue weighted by atomic mass is 16.5. The lowest BCUT2D eigenvalue weighted by atomic mass is 10.2. The number of rotatable bonds is 11. The van der Waals surface area contributed by atoms with Crippen molar-refractivity contribution >= 4 is 0 Å². The maximum absolute atomic E-state index is 9.81. The molecule has 116 valence electrons. The molecule has 0 saturated heterocycles. The molecular weight excluding hydrogens is 268 g/mol. The highest BCUT2D eigenvalue weighted by Crippen LogP contribution is 2.16. The highest BCUT2D eigenvalue weighted by Gasteiger charge is 2.07. The third-order valence-electron chi connectivity index (χ3n) is 3.08. The van der Waals surface area contributed by atoms with Crippen LogP contribution in [-0.2, 0) is 0 Å². The second kappa shape index (κ2) is 11.1. The van der Waals surface area contributed by atoms with Crippen LogP contribution in [0.3, 0.4) is 0 Å². The van der Waals surface area contributed by atoms with Crippen molar-refractivity contribution in [1.82, 2.24) is 5.32 Å². The van der Waals surface area contributed by atoms with Gasteiger partial charge in [0, 0.05) is 13.2 Å². The van der Waals surface area contributed by atoms with E-state index in [1.807, 2.05) is 0 Å². The summed E-state index contributed by atoms with van der Waals surface area (Å²) in [6.07, 6.45) is 3.40. The van der Waals surface area contributed by atoms with Gasteiger partial charge >= 0.3 is 0 Å². The second-order valence-electron chi connectivity index (χ2n) is 4.91. The molecule has 0 saturated carbocycles. The average Bonchev–Trinajstić information content (AvgIpc) is 2.52. The van der Waals surface area contributed by atoms with E-state index in [-0.39, 0.29) is 13.2 Å². The van der Waals surface area contributed by atoms with Crippen LogP contribution in [-0.4, -0.2) is 42.6 Å². The number of ether oxygens (including phenoxy) is 1. The first-order valence-electron chi connectivity index (χ1n) is 7.39. The molecule has 0 bridgehead atoms. The lowest BCUT2D eigenvalue weighted by Gasteiger charge is -2.14. The SMILES string of the molecule is N#Cc1ccccc1OCC(O)CNCCCCCCO. The first-order chi connectivity index (χ1) is 10.3. The molecule has 1 unspecified atom stereocenters. The van der Waals surface area contributed by atoms with Crippen molar-refractivity contribution in [2.24, 2.45) is 0 Å². The number of aliphatic hydroxyl groups is 2. The minimum atomic E-state index is -0.603. The summed E-state index contributed by atoms with van der Waals surface area (Å²) in [4.78, 5) is 0. The summed E-state index contributed by atoms with van der Waals surface area (Å²) in [6.45, 7) is 1.73. The van der Waals surface area contributed by atoms with E-state index in [4.69, 9.17) is 15.1 Å². The van der Waals surface area contributed by atoms with Gasteiger partial charge in [0.15, 0.2) is 0 Å². The van der Waals surface area contributed by atoms with E-state index in [9.17, 15) is 5.11 Å². The average molecular weight is 292 g/mol. The van der Waals surface area contributed by atoms with Gasteiger partial charge in [-0.1, -0.05) is 25.0 Å². The first kappa shape index (κ1) is 17.4. The molecule has 0 aliphatic carbocycles. The van der Waals surface area contributed by atoms with Gasteiger partial charge in [-0.3, -0.25) is 0 Å². The van der Waals surface area contributed by atoms with Gasteiger partial charge in [0.2, 0.25) is 0 Å². The second-order valence-corrected chi connectivity index (χ2v) is 4.91. The van der Waals surface area contributed by atoms with Crippen LogP contribution in [0.2, 0.25) is 0 Å². The monoisotopic (exact) mass is 292 g/mol. The molecule has 0 heterocycles. The lowest BCUT2D eigenvalue weighted by molar-refractivity contribution is 0.106. The van der Waals surface area contributed by atoms with Crippen molar-refractivity contribution in [3.63, 3.8) is 0 Å². The van der Waals surface area contributed by atoms with Gasteiger partial charge in [0.05, 0.1) is 5.56 Å². The van der Waals surface area contributed by atoms with E-state index in [2.05, 4.69) is 11.4 Å². The van der Waals surface area contributed by atoms with Crippen molar-refractivity contribution in [3.8, 4) is 11.8 Å². The number of nitrogens with one attached hydrogen (secondary N) is 1. The molecular formula is C16H24N2O3. The standard InChI is InChI=1S/C16H24N2O3/c17-11-14-7-3-4-8-16(14)21-13-15(20)12-18-9-5-1-2-6-10-19/h3-4,7-8,15,18-20H,1-2,5-6,9-10,12-13H2. The lowest BCUT2D eigenvalue weighted by Crippen LogP contribution is -2.32. The van der Waals surface area contributed by atoms with Crippen LogP contribution in [0.25, 0.3) is 0 Å². The number of nitrogens with zero attached hydrogens (tertiary/aromatic N) is 1. The molecule has 0 aliphatic heterocycles. The van der Waals surface area contributed by atoms with Gasteiger partial charge in [0.1, 0.15) is 24.5 Å². The fraction of sp³-hybridized carbons (Fsp3) is 0.562. The summed E-state index contributed by atoms with van der Waals surface area (Å²) >= 11 is 0. The maximum Gasteiger partial charge on any atom is 0.137 e. The maximum atomic E-state index is 9.81. The molecule has 0 amide bonds. The van der Waals surface area contributed by atoms with Crippen LogP contribution in [0.15, 0.2) is 24.3 Å². The Morgan fingerprint density at radius 3 is 2.71 bits per heavy atom. The molecule has 1 atom stereocenters. The van der Waals surface area contributed by atoms with Crippen molar-refractivity contribution in [1.29, 1.82) is 5.26 Å². The zero-order valence-corrected chi connectivity index (χ0v) is 12.3. The molecule has 1 rings (SSSR count). The Morgan fingerprint density at radius 2 is 1.95 bits per heavy atom. The molecule has 5 nitrogen and oxygen atoms in total. The summed E-state index contributed by atoms with van der Waals surface area (Å²) < 4.78 is 5.46. The molecule has 3 N–H and O–H groups in total. The molecule has 5 heteroatoms. The van der Waals surface area contributed by atoms with E-state index in [0.717, 1.165) is 32.2 Å². The van der Waals surface area contributed by atoms with Crippen molar-refractivity contribution < 1.29 is 14.9 Å². The number of unbranched alkanes of at least 4 members (excludes halogenated alkanes) is 3. The minimum Gasteiger partial charge on any atom is -0.489 e. The Hall–Kier alpha value is -1.61. The Balaban J connectivity index is 2.11. The normalized spacial score (nSPS) is 11.9. The van der Waals surface area contributed by atoms with Gasteiger partial charge < -0.3 is 20.3 Å².